The van der Waals surface area contributed by atoms with E-state index in [0.29, 0.717) is 34.1 Å². The van der Waals surface area contributed by atoms with E-state index in [4.69, 9.17) is 14.0 Å². The summed E-state index contributed by atoms with van der Waals surface area (Å²) in [4.78, 5) is 41.5. The summed E-state index contributed by atoms with van der Waals surface area (Å²) >= 11 is 0. The number of rotatable bonds is 6. The Morgan fingerprint density at radius 3 is 2.48 bits per heavy atom. The summed E-state index contributed by atoms with van der Waals surface area (Å²) in [6, 6.07) is 14.4. The van der Waals surface area contributed by atoms with Gasteiger partial charge >= 0.3 is 5.97 Å². The lowest BCUT2D eigenvalue weighted by molar-refractivity contribution is 0.0467. The number of ether oxygens (including phenoxy) is 2. The highest BCUT2D eigenvalue weighted by Crippen LogP contribution is 2.20. The van der Waals surface area contributed by atoms with Gasteiger partial charge in [-0.25, -0.2) is 9.78 Å². The molecular formula is C24H21N3O6. The van der Waals surface area contributed by atoms with Gasteiger partial charge in [0.2, 0.25) is 0 Å². The van der Waals surface area contributed by atoms with Gasteiger partial charge in [0.15, 0.2) is 5.65 Å². The summed E-state index contributed by atoms with van der Waals surface area (Å²) in [6.45, 7) is 3.34. The molecule has 2 aromatic heterocycles. The molecular weight excluding hydrogens is 426 g/mol. The van der Waals surface area contributed by atoms with Gasteiger partial charge in [-0.05, 0) is 55.8 Å². The summed E-state index contributed by atoms with van der Waals surface area (Å²) < 4.78 is 16.7. The lowest BCUT2D eigenvalue weighted by Gasteiger charge is -2.11. The molecule has 168 valence electrons. The number of nitrogens with zero attached hydrogens (tertiary/aromatic N) is 2. The Labute approximate surface area is 188 Å². The Morgan fingerprint density at radius 1 is 1.03 bits per heavy atom. The van der Waals surface area contributed by atoms with Crippen molar-refractivity contribution in [3.05, 3.63) is 93.1 Å². The van der Waals surface area contributed by atoms with Crippen molar-refractivity contribution in [2.24, 2.45) is 0 Å². The van der Waals surface area contributed by atoms with Crippen molar-refractivity contribution in [2.45, 2.75) is 20.5 Å². The van der Waals surface area contributed by atoms with Crippen LogP contribution < -0.4 is 15.6 Å². The number of esters is 1. The van der Waals surface area contributed by atoms with Crippen LogP contribution in [-0.4, -0.2) is 28.5 Å². The largest absolute Gasteiger partial charge is 0.497 e. The summed E-state index contributed by atoms with van der Waals surface area (Å²) in [7, 11) is 1.55. The van der Waals surface area contributed by atoms with E-state index < -0.39 is 11.5 Å². The fourth-order valence-corrected chi connectivity index (χ4v) is 3.19. The van der Waals surface area contributed by atoms with Crippen LogP contribution in [-0.2, 0) is 11.3 Å². The van der Waals surface area contributed by atoms with Gasteiger partial charge in [0.05, 0.1) is 18.4 Å². The number of fused-ring (bicyclic) bond motifs is 1. The van der Waals surface area contributed by atoms with Gasteiger partial charge in [-0.2, -0.15) is 0 Å². The first-order valence-electron chi connectivity index (χ1n) is 10.1. The van der Waals surface area contributed by atoms with E-state index in [-0.39, 0.29) is 18.1 Å². The number of carbonyl (C=O) groups is 2. The van der Waals surface area contributed by atoms with Crippen molar-refractivity contribution in [2.75, 3.05) is 12.4 Å². The molecule has 0 bridgehead atoms. The maximum absolute atomic E-state index is 12.6. The number of hydrogen-bond donors (Lipinski definition) is 1. The number of nitrogens with one attached hydrogen (secondary N) is 1. The van der Waals surface area contributed by atoms with Crippen LogP contribution in [0.15, 0.2) is 63.9 Å². The third-order valence-electron chi connectivity index (χ3n) is 4.95. The summed E-state index contributed by atoms with van der Waals surface area (Å²) in [5.41, 5.74) is 2.20. The summed E-state index contributed by atoms with van der Waals surface area (Å²) in [5.74, 6) is 0.254. The van der Waals surface area contributed by atoms with E-state index in [1.807, 2.05) is 6.92 Å². The number of carbonyl (C=O) groups excluding carboxylic acids is 2. The standard InChI is InChI=1S/C24H21N3O6/c1-14-4-5-17(11-20(14)26-23(29)16-6-8-19(31-3)9-7-16)24(30)32-13-18-12-22(28)27-21(25-18)10-15(2)33-27/h4-12H,13H2,1-3H3,(H,26,29). The van der Waals surface area contributed by atoms with E-state index in [9.17, 15) is 14.4 Å². The molecule has 9 nitrogen and oxygen atoms in total. The smallest absolute Gasteiger partial charge is 0.338 e. The van der Waals surface area contributed by atoms with Crippen LogP contribution in [0.25, 0.3) is 5.65 Å². The highest BCUT2D eigenvalue weighted by molar-refractivity contribution is 6.05. The van der Waals surface area contributed by atoms with Gasteiger partial charge < -0.3 is 19.3 Å². The second-order valence-corrected chi connectivity index (χ2v) is 7.37. The fourth-order valence-electron chi connectivity index (χ4n) is 3.19. The Morgan fingerprint density at radius 2 is 1.76 bits per heavy atom. The first-order valence-corrected chi connectivity index (χ1v) is 10.1. The average molecular weight is 447 g/mol. The number of hydrogen-bond acceptors (Lipinski definition) is 7. The Hall–Kier alpha value is -4.40. The molecule has 0 aliphatic carbocycles. The molecule has 0 saturated heterocycles. The van der Waals surface area contributed by atoms with Gasteiger partial charge in [-0.1, -0.05) is 6.07 Å². The molecule has 1 amide bonds. The van der Waals surface area contributed by atoms with Crippen molar-refractivity contribution < 1.29 is 23.6 Å². The number of methoxy groups -OCH3 is 1. The van der Waals surface area contributed by atoms with Gasteiger partial charge in [-0.15, -0.1) is 4.57 Å². The maximum atomic E-state index is 12.6. The quantitative estimate of drug-likeness (QED) is 0.450. The molecule has 1 N–H and O–H groups in total. The Balaban J connectivity index is 1.46. The van der Waals surface area contributed by atoms with Crippen LogP contribution in [0.1, 0.15) is 37.7 Å². The number of anilines is 1. The molecule has 33 heavy (non-hydrogen) atoms. The molecule has 4 rings (SSSR count). The molecule has 0 unspecified atom stereocenters. The lowest BCUT2D eigenvalue weighted by Crippen LogP contribution is -2.15. The highest BCUT2D eigenvalue weighted by Gasteiger charge is 2.14. The predicted octanol–water partition coefficient (Wildman–Crippen LogP) is 3.52. The second kappa shape index (κ2) is 8.99. The van der Waals surface area contributed by atoms with Crippen LogP contribution in [0.3, 0.4) is 0 Å². The van der Waals surface area contributed by atoms with E-state index in [1.165, 1.54) is 6.07 Å². The van der Waals surface area contributed by atoms with Gasteiger partial charge in [0.1, 0.15) is 18.1 Å². The van der Waals surface area contributed by atoms with Crippen LogP contribution in [0.4, 0.5) is 5.69 Å². The molecule has 2 heterocycles. The van der Waals surface area contributed by atoms with E-state index >= 15 is 0 Å². The fraction of sp³-hybridized carbons (Fsp3) is 0.167. The number of aryl methyl sites for hydroxylation is 2. The molecule has 9 heteroatoms. The van der Waals surface area contributed by atoms with Crippen LogP contribution in [0.2, 0.25) is 0 Å². The zero-order chi connectivity index (χ0) is 23.5. The van der Waals surface area contributed by atoms with Gasteiger partial charge in [0.25, 0.3) is 11.5 Å². The average Bonchev–Trinajstić information content (AvgIpc) is 3.19. The molecule has 0 atom stereocenters. The van der Waals surface area contributed by atoms with Crippen LogP contribution in [0, 0.1) is 13.8 Å². The van der Waals surface area contributed by atoms with Crippen molar-refractivity contribution in [1.82, 2.24) is 9.56 Å². The third-order valence-corrected chi connectivity index (χ3v) is 4.95. The minimum Gasteiger partial charge on any atom is -0.497 e. The van der Waals surface area contributed by atoms with Crippen molar-refractivity contribution in [1.29, 1.82) is 0 Å². The topological polar surface area (TPSA) is 112 Å². The van der Waals surface area contributed by atoms with Gasteiger partial charge in [0, 0.05) is 23.4 Å². The van der Waals surface area contributed by atoms with Crippen molar-refractivity contribution in [3.8, 4) is 5.75 Å². The number of aromatic nitrogens is 2. The van der Waals surface area contributed by atoms with E-state index in [2.05, 4.69) is 10.3 Å². The minimum absolute atomic E-state index is 0.184. The lowest BCUT2D eigenvalue weighted by atomic mass is 10.1. The Kier molecular flexibility index (Phi) is 5.95. The number of benzene rings is 2. The molecule has 0 radical (unpaired) electrons. The molecule has 4 aromatic rings. The first kappa shape index (κ1) is 21.8. The minimum atomic E-state index is -0.611. The summed E-state index contributed by atoms with van der Waals surface area (Å²) in [5, 5.41) is 2.81. The second-order valence-electron chi connectivity index (χ2n) is 7.37. The Bertz CT molecular complexity index is 1400. The molecule has 0 aliphatic rings. The highest BCUT2D eigenvalue weighted by atomic mass is 16.5. The molecule has 0 fully saturated rings. The molecule has 0 spiro atoms. The van der Waals surface area contributed by atoms with Crippen LogP contribution >= 0.6 is 0 Å². The normalized spacial score (nSPS) is 10.8. The van der Waals surface area contributed by atoms with E-state index in [1.54, 1.807) is 62.6 Å². The SMILES string of the molecule is COc1ccc(C(=O)Nc2cc(C(=O)OCc3cc(=O)n4oc(C)cc4n3)ccc2C)cc1. The predicted molar refractivity (Wildman–Crippen MR) is 120 cm³/mol. The molecule has 0 saturated carbocycles. The van der Waals surface area contributed by atoms with Gasteiger partial charge in [-0.3, -0.25) is 9.59 Å². The van der Waals surface area contributed by atoms with Crippen molar-refractivity contribution in [3.63, 3.8) is 0 Å². The third kappa shape index (κ3) is 4.77. The maximum Gasteiger partial charge on any atom is 0.338 e. The zero-order valence-corrected chi connectivity index (χ0v) is 18.2. The number of amides is 1. The first-order chi connectivity index (χ1) is 15.8. The monoisotopic (exact) mass is 447 g/mol. The molecule has 2 aromatic carbocycles. The van der Waals surface area contributed by atoms with E-state index in [0.717, 1.165) is 10.1 Å². The van der Waals surface area contributed by atoms with Crippen molar-refractivity contribution >= 4 is 23.2 Å². The summed E-state index contributed by atoms with van der Waals surface area (Å²) in [6.07, 6.45) is 0. The molecule has 0 aliphatic heterocycles. The van der Waals surface area contributed by atoms with Crippen LogP contribution in [0.5, 0.6) is 5.75 Å². The zero-order valence-electron chi connectivity index (χ0n) is 18.2.